The zero-order chi connectivity index (χ0) is 13.6. The lowest BCUT2D eigenvalue weighted by Gasteiger charge is -2.31. The van der Waals surface area contributed by atoms with Crippen LogP contribution in [-0.4, -0.2) is 18.1 Å². The Bertz CT molecular complexity index is 340. The molecule has 0 amide bonds. The van der Waals surface area contributed by atoms with Crippen molar-refractivity contribution in [3.8, 4) is 0 Å². The molecule has 1 aromatic heterocycles. The number of nitrogens with one attached hydrogen (secondary N) is 1. The van der Waals surface area contributed by atoms with E-state index in [2.05, 4.69) is 50.3 Å². The van der Waals surface area contributed by atoms with Crippen LogP contribution in [0.25, 0.3) is 0 Å². The Morgan fingerprint density at radius 3 is 2.44 bits per heavy atom. The maximum absolute atomic E-state index is 4.63. The van der Waals surface area contributed by atoms with Gasteiger partial charge in [-0.05, 0) is 37.6 Å². The number of aromatic nitrogens is 1. The van der Waals surface area contributed by atoms with Gasteiger partial charge in [0.25, 0.3) is 0 Å². The third-order valence-electron chi connectivity index (χ3n) is 3.75. The van der Waals surface area contributed by atoms with Crippen molar-refractivity contribution in [2.75, 3.05) is 13.1 Å². The van der Waals surface area contributed by atoms with Gasteiger partial charge in [-0.1, -0.05) is 27.7 Å². The van der Waals surface area contributed by atoms with Crippen molar-refractivity contribution in [1.82, 2.24) is 10.3 Å². The highest BCUT2D eigenvalue weighted by molar-refractivity contribution is 7.09. The van der Waals surface area contributed by atoms with Gasteiger partial charge in [-0.2, -0.15) is 0 Å². The van der Waals surface area contributed by atoms with Gasteiger partial charge in [0, 0.05) is 24.0 Å². The Balaban J connectivity index is 2.61. The van der Waals surface area contributed by atoms with E-state index in [0.29, 0.717) is 5.41 Å². The quantitative estimate of drug-likeness (QED) is 0.769. The molecule has 1 heterocycles. The summed E-state index contributed by atoms with van der Waals surface area (Å²) in [4.78, 5) is 4.63. The van der Waals surface area contributed by atoms with E-state index in [1.165, 1.54) is 17.8 Å². The predicted molar refractivity (Wildman–Crippen MR) is 81.3 cm³/mol. The largest absolute Gasteiger partial charge is 0.316 e. The fraction of sp³-hybridized carbons (Fsp3) is 0.800. The first kappa shape index (κ1) is 15.6. The lowest BCUT2D eigenvalue weighted by molar-refractivity contribution is 0.242. The molecule has 2 nitrogen and oxygen atoms in total. The van der Waals surface area contributed by atoms with Gasteiger partial charge in [-0.3, -0.25) is 0 Å². The van der Waals surface area contributed by atoms with Crippen LogP contribution < -0.4 is 5.32 Å². The maximum atomic E-state index is 4.63. The van der Waals surface area contributed by atoms with Gasteiger partial charge in [-0.25, -0.2) is 4.98 Å². The fourth-order valence-electron chi connectivity index (χ4n) is 2.24. The molecule has 0 aliphatic rings. The van der Waals surface area contributed by atoms with Crippen LogP contribution in [0.2, 0.25) is 0 Å². The number of rotatable bonds is 8. The minimum absolute atomic E-state index is 0.374. The van der Waals surface area contributed by atoms with E-state index in [9.17, 15) is 0 Å². The summed E-state index contributed by atoms with van der Waals surface area (Å²) >= 11 is 1.81. The molecular formula is C15H28N2S. The minimum atomic E-state index is 0.374. The summed E-state index contributed by atoms with van der Waals surface area (Å²) < 4.78 is 0. The highest BCUT2D eigenvalue weighted by atomic mass is 32.1. The number of nitrogens with zero attached hydrogens (tertiary/aromatic N) is 1. The number of aryl methyl sites for hydroxylation is 1. The van der Waals surface area contributed by atoms with Gasteiger partial charge in [0.2, 0.25) is 0 Å². The summed E-state index contributed by atoms with van der Waals surface area (Å²) in [5.41, 5.74) is 1.53. The van der Waals surface area contributed by atoms with Gasteiger partial charge in [0.15, 0.2) is 0 Å². The summed E-state index contributed by atoms with van der Waals surface area (Å²) in [5.74, 6) is 0.721. The monoisotopic (exact) mass is 268 g/mol. The molecule has 1 N–H and O–H groups in total. The first-order valence-corrected chi connectivity index (χ1v) is 8.01. The normalized spacial score (nSPS) is 12.3. The van der Waals surface area contributed by atoms with E-state index in [0.717, 1.165) is 31.1 Å². The molecule has 0 spiro atoms. The Labute approximate surface area is 116 Å². The highest BCUT2D eigenvalue weighted by Crippen LogP contribution is 2.31. The summed E-state index contributed by atoms with van der Waals surface area (Å²) in [6.07, 6.45) is 3.55. The fourth-order valence-corrected chi connectivity index (χ4v) is 3.19. The molecule has 0 aromatic carbocycles. The molecule has 1 rings (SSSR count). The summed E-state index contributed by atoms with van der Waals surface area (Å²) in [5, 5.41) is 7.09. The molecule has 0 aliphatic heterocycles. The van der Waals surface area contributed by atoms with Crippen molar-refractivity contribution >= 4 is 11.3 Å². The molecule has 0 bridgehead atoms. The van der Waals surface area contributed by atoms with E-state index in [4.69, 9.17) is 0 Å². The van der Waals surface area contributed by atoms with Crippen LogP contribution in [-0.2, 0) is 6.42 Å². The Morgan fingerprint density at radius 2 is 2.00 bits per heavy atom. The lowest BCUT2D eigenvalue weighted by atomic mass is 9.79. The SMILES string of the molecule is CCC(CC)(CNCC(C)C)Cc1nc(C)cs1. The average molecular weight is 268 g/mol. The number of hydrogen-bond donors (Lipinski definition) is 1. The molecule has 1 aromatic rings. The molecule has 18 heavy (non-hydrogen) atoms. The molecule has 3 heteroatoms. The van der Waals surface area contributed by atoms with Crippen LogP contribution in [0.4, 0.5) is 0 Å². The molecule has 0 unspecified atom stereocenters. The van der Waals surface area contributed by atoms with Gasteiger partial charge >= 0.3 is 0 Å². The topological polar surface area (TPSA) is 24.9 Å². The van der Waals surface area contributed by atoms with Crippen molar-refractivity contribution in [1.29, 1.82) is 0 Å². The van der Waals surface area contributed by atoms with Gasteiger partial charge in [0.05, 0.1) is 5.01 Å². The molecule has 0 saturated heterocycles. The van der Waals surface area contributed by atoms with Crippen molar-refractivity contribution in [2.24, 2.45) is 11.3 Å². The average Bonchev–Trinajstić information content (AvgIpc) is 2.73. The van der Waals surface area contributed by atoms with E-state index in [-0.39, 0.29) is 0 Å². The third kappa shape index (κ3) is 4.69. The van der Waals surface area contributed by atoms with Crippen LogP contribution in [0.1, 0.15) is 51.2 Å². The van der Waals surface area contributed by atoms with Gasteiger partial charge in [0.1, 0.15) is 0 Å². The van der Waals surface area contributed by atoms with Gasteiger partial charge in [-0.15, -0.1) is 11.3 Å². The number of hydrogen-bond acceptors (Lipinski definition) is 3. The standard InChI is InChI=1S/C15H28N2S/c1-6-15(7-2,11-16-9-12(3)4)8-14-17-13(5)10-18-14/h10,12,16H,6-9,11H2,1-5H3. The van der Waals surface area contributed by atoms with Gasteiger partial charge < -0.3 is 5.32 Å². The second kappa shape index (κ2) is 7.25. The smallest absolute Gasteiger partial charge is 0.0934 e. The third-order valence-corrected chi connectivity index (χ3v) is 4.71. The first-order chi connectivity index (χ1) is 8.51. The molecule has 104 valence electrons. The summed E-state index contributed by atoms with van der Waals surface area (Å²) in [7, 11) is 0. The Kier molecular flexibility index (Phi) is 6.30. The van der Waals surface area contributed by atoms with Crippen LogP contribution in [0.15, 0.2) is 5.38 Å². The van der Waals surface area contributed by atoms with Crippen molar-refractivity contribution in [3.63, 3.8) is 0 Å². The van der Waals surface area contributed by atoms with Crippen LogP contribution >= 0.6 is 11.3 Å². The molecule has 0 radical (unpaired) electrons. The highest BCUT2D eigenvalue weighted by Gasteiger charge is 2.27. The zero-order valence-corrected chi connectivity index (χ0v) is 13.4. The zero-order valence-electron chi connectivity index (χ0n) is 12.5. The van der Waals surface area contributed by atoms with E-state index in [1.807, 2.05) is 11.3 Å². The van der Waals surface area contributed by atoms with Crippen LogP contribution in [0.3, 0.4) is 0 Å². The van der Waals surface area contributed by atoms with Crippen molar-refractivity contribution in [3.05, 3.63) is 16.1 Å². The minimum Gasteiger partial charge on any atom is -0.316 e. The maximum Gasteiger partial charge on any atom is 0.0934 e. The van der Waals surface area contributed by atoms with E-state index in [1.54, 1.807) is 0 Å². The Hall–Kier alpha value is -0.410. The Morgan fingerprint density at radius 1 is 1.33 bits per heavy atom. The predicted octanol–water partition coefficient (Wildman–Crippen LogP) is 4.05. The molecule has 0 atom stereocenters. The van der Waals surface area contributed by atoms with Crippen LogP contribution in [0, 0.1) is 18.3 Å². The number of thiazole rings is 1. The van der Waals surface area contributed by atoms with Crippen molar-refractivity contribution < 1.29 is 0 Å². The second-order valence-electron chi connectivity index (χ2n) is 5.79. The lowest BCUT2D eigenvalue weighted by Crippen LogP contribution is -2.36. The molecule has 0 saturated carbocycles. The molecule has 0 aliphatic carbocycles. The molecule has 0 fully saturated rings. The van der Waals surface area contributed by atoms with E-state index >= 15 is 0 Å². The van der Waals surface area contributed by atoms with Crippen molar-refractivity contribution in [2.45, 2.75) is 53.9 Å². The summed E-state index contributed by atoms with van der Waals surface area (Å²) in [6.45, 7) is 13.4. The first-order valence-electron chi connectivity index (χ1n) is 7.13. The summed E-state index contributed by atoms with van der Waals surface area (Å²) in [6, 6.07) is 0. The second-order valence-corrected chi connectivity index (χ2v) is 6.73. The molecular weight excluding hydrogens is 240 g/mol. The van der Waals surface area contributed by atoms with Crippen LogP contribution in [0.5, 0.6) is 0 Å². The van der Waals surface area contributed by atoms with E-state index < -0.39 is 0 Å².